The Kier molecular flexibility index (Phi) is 5.19. The maximum Gasteiger partial charge on any atom is 0.137 e. The molecule has 106 valence electrons. The van der Waals surface area contributed by atoms with E-state index in [1.165, 1.54) is 23.6 Å². The second kappa shape index (κ2) is 6.89. The van der Waals surface area contributed by atoms with Crippen LogP contribution in [0.5, 0.6) is 5.75 Å². The van der Waals surface area contributed by atoms with Crippen LogP contribution in [-0.2, 0) is 0 Å². The molecular formula is C15H26N2O2+2. The van der Waals surface area contributed by atoms with E-state index in [0.717, 1.165) is 25.4 Å². The smallest absolute Gasteiger partial charge is 0.137 e. The lowest BCUT2D eigenvalue weighted by molar-refractivity contribution is -1.00. The number of rotatable bonds is 5. The summed E-state index contributed by atoms with van der Waals surface area (Å²) in [5, 5.41) is 10.0. The van der Waals surface area contributed by atoms with Gasteiger partial charge in [-0.25, -0.2) is 0 Å². The van der Waals surface area contributed by atoms with Crippen molar-refractivity contribution in [2.45, 2.75) is 13.0 Å². The van der Waals surface area contributed by atoms with Gasteiger partial charge in [-0.05, 0) is 19.1 Å². The van der Waals surface area contributed by atoms with Crippen molar-refractivity contribution in [3.8, 4) is 5.75 Å². The highest BCUT2D eigenvalue weighted by Crippen LogP contribution is 2.11. The summed E-state index contributed by atoms with van der Waals surface area (Å²) in [5.41, 5.74) is 1.22. The van der Waals surface area contributed by atoms with Crippen LogP contribution in [0, 0.1) is 6.92 Å². The molecule has 0 aromatic heterocycles. The van der Waals surface area contributed by atoms with Gasteiger partial charge >= 0.3 is 0 Å². The number of piperazine rings is 1. The lowest BCUT2D eigenvalue weighted by atomic mass is 10.2. The molecule has 1 aromatic carbocycles. The fraction of sp³-hybridized carbons (Fsp3) is 0.600. The first-order chi connectivity index (χ1) is 9.13. The molecule has 1 aliphatic heterocycles. The van der Waals surface area contributed by atoms with Crippen molar-refractivity contribution >= 4 is 0 Å². The van der Waals surface area contributed by atoms with Crippen LogP contribution in [0.3, 0.4) is 0 Å². The van der Waals surface area contributed by atoms with Gasteiger partial charge in [0.05, 0.1) is 7.05 Å². The molecule has 1 fully saturated rings. The Labute approximate surface area is 115 Å². The number of nitrogens with one attached hydrogen (secondary N) is 2. The van der Waals surface area contributed by atoms with Crippen LogP contribution in [-0.4, -0.2) is 57.6 Å². The predicted molar refractivity (Wildman–Crippen MR) is 74.9 cm³/mol. The van der Waals surface area contributed by atoms with Gasteiger partial charge in [0.25, 0.3) is 0 Å². The quantitative estimate of drug-likeness (QED) is 0.585. The zero-order valence-electron chi connectivity index (χ0n) is 12.0. The zero-order valence-corrected chi connectivity index (χ0v) is 12.0. The maximum absolute atomic E-state index is 10.0. The monoisotopic (exact) mass is 266 g/mol. The van der Waals surface area contributed by atoms with E-state index in [4.69, 9.17) is 4.74 Å². The predicted octanol–water partition coefficient (Wildman–Crippen LogP) is -1.85. The Morgan fingerprint density at radius 1 is 1.16 bits per heavy atom. The average molecular weight is 266 g/mol. The first-order valence-electron chi connectivity index (χ1n) is 7.16. The summed E-state index contributed by atoms with van der Waals surface area (Å²) in [7, 11) is 2.23. The van der Waals surface area contributed by atoms with E-state index < -0.39 is 0 Å². The third-order valence-electron chi connectivity index (χ3n) is 3.80. The largest absolute Gasteiger partial charge is 0.491 e. The van der Waals surface area contributed by atoms with Crippen molar-refractivity contribution in [1.82, 2.24) is 0 Å². The molecule has 0 spiro atoms. The molecule has 3 N–H and O–H groups in total. The van der Waals surface area contributed by atoms with Crippen LogP contribution in [0.15, 0.2) is 24.3 Å². The van der Waals surface area contributed by atoms with Crippen LogP contribution in [0.2, 0.25) is 0 Å². The molecule has 1 aromatic rings. The van der Waals surface area contributed by atoms with E-state index in [9.17, 15) is 5.11 Å². The number of benzene rings is 1. The normalized spacial score (nSPS) is 25.0. The van der Waals surface area contributed by atoms with E-state index in [-0.39, 0.29) is 6.10 Å². The average Bonchev–Trinajstić information content (AvgIpc) is 2.41. The first kappa shape index (κ1) is 14.3. The van der Waals surface area contributed by atoms with Crippen LogP contribution >= 0.6 is 0 Å². The Balaban J connectivity index is 1.69. The molecule has 0 unspecified atom stereocenters. The minimum Gasteiger partial charge on any atom is -0.491 e. The number of ether oxygens (including phenoxy) is 1. The third kappa shape index (κ3) is 4.82. The van der Waals surface area contributed by atoms with Gasteiger partial charge in [0, 0.05) is 0 Å². The molecule has 0 radical (unpaired) electrons. The van der Waals surface area contributed by atoms with Gasteiger partial charge in [-0.2, -0.15) is 0 Å². The number of quaternary nitrogens is 2. The summed E-state index contributed by atoms with van der Waals surface area (Å²) in [6, 6.07) is 7.95. The van der Waals surface area contributed by atoms with Crippen molar-refractivity contribution < 1.29 is 19.6 Å². The Morgan fingerprint density at radius 3 is 2.42 bits per heavy atom. The fourth-order valence-electron chi connectivity index (χ4n) is 2.45. The summed E-state index contributed by atoms with van der Waals surface area (Å²) in [5.74, 6) is 0.836. The molecule has 0 saturated carbocycles. The third-order valence-corrected chi connectivity index (χ3v) is 3.80. The van der Waals surface area contributed by atoms with Crippen LogP contribution in [0.4, 0.5) is 0 Å². The molecule has 2 rings (SSSR count). The Bertz CT molecular complexity index is 372. The topological polar surface area (TPSA) is 38.3 Å². The van der Waals surface area contributed by atoms with Crippen molar-refractivity contribution in [3.05, 3.63) is 29.8 Å². The molecule has 1 atom stereocenters. The van der Waals surface area contributed by atoms with Crippen molar-refractivity contribution in [3.63, 3.8) is 0 Å². The minimum absolute atomic E-state index is 0.380. The molecule has 0 amide bonds. The van der Waals surface area contributed by atoms with E-state index in [2.05, 4.69) is 14.0 Å². The second-order valence-electron chi connectivity index (χ2n) is 5.69. The van der Waals surface area contributed by atoms with E-state index in [0.29, 0.717) is 6.61 Å². The standard InChI is InChI=1S/C15H24N2O2/c1-13-3-5-15(6-4-13)19-12-14(18)11-17-9-7-16(2)8-10-17/h3-6,14,18H,7-12H2,1-2H3/p+2/t14-/m1/s1. The van der Waals surface area contributed by atoms with Gasteiger partial charge in [0.15, 0.2) is 0 Å². The zero-order chi connectivity index (χ0) is 13.7. The molecular weight excluding hydrogens is 240 g/mol. The molecule has 0 aliphatic carbocycles. The van der Waals surface area contributed by atoms with Gasteiger partial charge in [-0.15, -0.1) is 0 Å². The van der Waals surface area contributed by atoms with Crippen molar-refractivity contribution in [1.29, 1.82) is 0 Å². The maximum atomic E-state index is 10.0. The highest BCUT2D eigenvalue weighted by Gasteiger charge is 2.22. The molecule has 0 bridgehead atoms. The molecule has 1 heterocycles. The van der Waals surface area contributed by atoms with E-state index in [1.54, 1.807) is 4.90 Å². The van der Waals surface area contributed by atoms with Crippen LogP contribution in [0.25, 0.3) is 0 Å². The SMILES string of the molecule is Cc1ccc(OC[C@H](O)C[NH+]2CC[NH+](C)CC2)cc1. The summed E-state index contributed by atoms with van der Waals surface area (Å²) in [6.45, 7) is 7.91. The Morgan fingerprint density at radius 2 is 1.79 bits per heavy atom. The highest BCUT2D eigenvalue weighted by atomic mass is 16.5. The summed E-state index contributed by atoms with van der Waals surface area (Å²) >= 11 is 0. The molecule has 1 saturated heterocycles. The number of hydrogen-bond acceptors (Lipinski definition) is 2. The van der Waals surface area contributed by atoms with E-state index in [1.807, 2.05) is 24.3 Å². The summed E-state index contributed by atoms with van der Waals surface area (Å²) < 4.78 is 5.62. The van der Waals surface area contributed by atoms with Crippen molar-refractivity contribution in [2.24, 2.45) is 0 Å². The molecule has 4 nitrogen and oxygen atoms in total. The summed E-state index contributed by atoms with van der Waals surface area (Å²) in [6.07, 6.45) is -0.380. The van der Waals surface area contributed by atoms with Crippen molar-refractivity contribution in [2.75, 3.05) is 46.4 Å². The molecule has 1 aliphatic rings. The van der Waals surface area contributed by atoms with Gasteiger partial charge in [-0.1, -0.05) is 17.7 Å². The fourth-order valence-corrected chi connectivity index (χ4v) is 2.45. The van der Waals surface area contributed by atoms with Gasteiger partial charge in [-0.3, -0.25) is 0 Å². The lowest BCUT2D eigenvalue weighted by Crippen LogP contribution is -3.27. The Hall–Kier alpha value is -1.10. The molecule has 19 heavy (non-hydrogen) atoms. The van der Waals surface area contributed by atoms with E-state index >= 15 is 0 Å². The van der Waals surface area contributed by atoms with Crippen LogP contribution < -0.4 is 14.5 Å². The minimum atomic E-state index is -0.380. The number of likely N-dealkylation sites (N-methyl/N-ethyl adjacent to an activating group) is 1. The second-order valence-corrected chi connectivity index (χ2v) is 5.69. The van der Waals surface area contributed by atoms with Gasteiger partial charge in [0.1, 0.15) is 51.2 Å². The number of aryl methyl sites for hydroxylation is 1. The molecule has 4 heteroatoms. The van der Waals surface area contributed by atoms with Gasteiger partial charge in [0.2, 0.25) is 0 Å². The summed E-state index contributed by atoms with van der Waals surface area (Å²) in [4.78, 5) is 3.08. The number of hydrogen-bond donors (Lipinski definition) is 3. The van der Waals surface area contributed by atoms with Crippen LogP contribution in [0.1, 0.15) is 5.56 Å². The lowest BCUT2D eigenvalue weighted by Gasteiger charge is -2.28. The number of aliphatic hydroxyl groups is 1. The van der Waals surface area contributed by atoms with Gasteiger partial charge < -0.3 is 19.6 Å². The highest BCUT2D eigenvalue weighted by molar-refractivity contribution is 5.26. The first-order valence-corrected chi connectivity index (χ1v) is 7.16. The number of aliphatic hydroxyl groups excluding tert-OH is 1.